The number of rotatable bonds is 5. The largest absolute Gasteiger partial charge is 0.304 e. The maximum atomic E-state index is 2.51. The first-order chi connectivity index (χ1) is 8.18. The van der Waals surface area contributed by atoms with E-state index in [1.54, 1.807) is 0 Å². The van der Waals surface area contributed by atoms with Crippen LogP contribution in [0.2, 0.25) is 0 Å². The van der Waals surface area contributed by atoms with Gasteiger partial charge in [0.1, 0.15) is 0 Å². The van der Waals surface area contributed by atoms with Gasteiger partial charge in [-0.2, -0.15) is 0 Å². The molecule has 1 nitrogen and oxygen atoms in total. The summed E-state index contributed by atoms with van der Waals surface area (Å²) in [6.45, 7) is 15.6. The SMILES string of the molecule is CC(C)N(C)CCC1(C)CCC(C)(C(C)C)CC1. The summed E-state index contributed by atoms with van der Waals surface area (Å²) in [5, 5.41) is 0. The molecule has 1 aliphatic carbocycles. The van der Waals surface area contributed by atoms with Crippen molar-refractivity contribution in [3.05, 3.63) is 0 Å². The molecular formula is C17H35N. The molecule has 108 valence electrons. The highest BCUT2D eigenvalue weighted by atomic mass is 15.1. The van der Waals surface area contributed by atoms with Crippen molar-refractivity contribution in [1.82, 2.24) is 4.90 Å². The molecule has 0 N–H and O–H groups in total. The fourth-order valence-corrected chi connectivity index (χ4v) is 2.96. The van der Waals surface area contributed by atoms with Crippen LogP contribution < -0.4 is 0 Å². The summed E-state index contributed by atoms with van der Waals surface area (Å²) in [5.74, 6) is 0.834. The van der Waals surface area contributed by atoms with Crippen molar-refractivity contribution in [3.8, 4) is 0 Å². The minimum atomic E-state index is 0.595. The average molecular weight is 253 g/mol. The lowest BCUT2D eigenvalue weighted by Crippen LogP contribution is -2.37. The number of nitrogens with zero attached hydrogens (tertiary/aromatic N) is 1. The van der Waals surface area contributed by atoms with Gasteiger partial charge in [-0.15, -0.1) is 0 Å². The molecule has 0 atom stereocenters. The third kappa shape index (κ3) is 3.98. The zero-order chi connectivity index (χ0) is 14.0. The van der Waals surface area contributed by atoms with Crippen molar-refractivity contribution in [3.63, 3.8) is 0 Å². The van der Waals surface area contributed by atoms with Gasteiger partial charge in [0, 0.05) is 6.04 Å². The van der Waals surface area contributed by atoms with E-state index >= 15 is 0 Å². The lowest BCUT2D eigenvalue weighted by molar-refractivity contribution is 0.0523. The number of hydrogen-bond acceptors (Lipinski definition) is 1. The summed E-state index contributed by atoms with van der Waals surface area (Å²) in [5.41, 5.74) is 1.20. The molecule has 0 spiro atoms. The summed E-state index contributed by atoms with van der Waals surface area (Å²) in [7, 11) is 2.26. The van der Waals surface area contributed by atoms with E-state index in [9.17, 15) is 0 Å². The van der Waals surface area contributed by atoms with Crippen LogP contribution >= 0.6 is 0 Å². The van der Waals surface area contributed by atoms with Gasteiger partial charge in [-0.05, 0) is 76.3 Å². The summed E-state index contributed by atoms with van der Waals surface area (Å²) >= 11 is 0. The smallest absolute Gasteiger partial charge is 0.00355 e. The monoisotopic (exact) mass is 253 g/mol. The van der Waals surface area contributed by atoms with Crippen LogP contribution in [-0.2, 0) is 0 Å². The van der Waals surface area contributed by atoms with Crippen molar-refractivity contribution >= 4 is 0 Å². The Morgan fingerprint density at radius 3 is 1.83 bits per heavy atom. The molecule has 18 heavy (non-hydrogen) atoms. The molecule has 0 unspecified atom stereocenters. The normalized spacial score (nSPS) is 33.7. The van der Waals surface area contributed by atoms with Crippen LogP contribution in [0.4, 0.5) is 0 Å². The van der Waals surface area contributed by atoms with E-state index in [0.29, 0.717) is 16.9 Å². The second-order valence-electron chi connectivity index (χ2n) is 7.94. The summed E-state index contributed by atoms with van der Waals surface area (Å²) in [6.07, 6.45) is 7.07. The zero-order valence-corrected chi connectivity index (χ0v) is 13.8. The molecule has 0 radical (unpaired) electrons. The van der Waals surface area contributed by atoms with Gasteiger partial charge in [0.05, 0.1) is 0 Å². The number of hydrogen-bond donors (Lipinski definition) is 0. The Morgan fingerprint density at radius 1 is 0.944 bits per heavy atom. The molecule has 0 saturated heterocycles. The van der Waals surface area contributed by atoms with Crippen LogP contribution in [0.3, 0.4) is 0 Å². The van der Waals surface area contributed by atoms with Crippen LogP contribution in [0.25, 0.3) is 0 Å². The second kappa shape index (κ2) is 5.94. The molecule has 0 amide bonds. The van der Waals surface area contributed by atoms with Gasteiger partial charge in [0.15, 0.2) is 0 Å². The average Bonchev–Trinajstić information content (AvgIpc) is 2.30. The van der Waals surface area contributed by atoms with E-state index in [1.807, 2.05) is 0 Å². The maximum absolute atomic E-state index is 2.51. The Labute approximate surface area is 115 Å². The topological polar surface area (TPSA) is 3.24 Å². The molecule has 0 bridgehead atoms. The summed E-state index contributed by atoms with van der Waals surface area (Å²) in [6, 6.07) is 0.679. The third-order valence-electron chi connectivity index (χ3n) is 5.94. The predicted octanol–water partition coefficient (Wildman–Crippen LogP) is 4.96. The van der Waals surface area contributed by atoms with E-state index in [2.05, 4.69) is 53.5 Å². The summed E-state index contributed by atoms with van der Waals surface area (Å²) < 4.78 is 0. The van der Waals surface area contributed by atoms with Crippen molar-refractivity contribution in [1.29, 1.82) is 0 Å². The van der Waals surface area contributed by atoms with Crippen LogP contribution in [0.15, 0.2) is 0 Å². The maximum Gasteiger partial charge on any atom is 0.00355 e. The van der Waals surface area contributed by atoms with Gasteiger partial charge < -0.3 is 4.90 Å². The first-order valence-corrected chi connectivity index (χ1v) is 7.89. The quantitative estimate of drug-likeness (QED) is 0.669. The predicted molar refractivity (Wildman–Crippen MR) is 81.9 cm³/mol. The minimum absolute atomic E-state index is 0.595. The van der Waals surface area contributed by atoms with Crippen molar-refractivity contribution in [2.45, 2.75) is 79.7 Å². The highest BCUT2D eigenvalue weighted by Crippen LogP contribution is 2.50. The van der Waals surface area contributed by atoms with Gasteiger partial charge in [-0.3, -0.25) is 0 Å². The molecule has 1 fully saturated rings. The molecule has 1 aliphatic rings. The van der Waals surface area contributed by atoms with E-state index in [1.165, 1.54) is 38.6 Å². The molecule has 0 aromatic rings. The lowest BCUT2D eigenvalue weighted by Gasteiger charge is -2.46. The molecule has 0 aliphatic heterocycles. The van der Waals surface area contributed by atoms with E-state index in [0.717, 1.165) is 5.92 Å². The molecular weight excluding hydrogens is 218 g/mol. The van der Waals surface area contributed by atoms with Crippen LogP contribution in [0, 0.1) is 16.7 Å². The van der Waals surface area contributed by atoms with Crippen molar-refractivity contribution < 1.29 is 0 Å². The van der Waals surface area contributed by atoms with Gasteiger partial charge in [0.2, 0.25) is 0 Å². The van der Waals surface area contributed by atoms with Gasteiger partial charge in [-0.1, -0.05) is 27.7 Å². The van der Waals surface area contributed by atoms with Gasteiger partial charge in [-0.25, -0.2) is 0 Å². The van der Waals surface area contributed by atoms with Gasteiger partial charge in [0.25, 0.3) is 0 Å². The zero-order valence-electron chi connectivity index (χ0n) is 13.8. The van der Waals surface area contributed by atoms with Crippen LogP contribution in [-0.4, -0.2) is 24.5 Å². The molecule has 0 heterocycles. The van der Waals surface area contributed by atoms with Crippen molar-refractivity contribution in [2.75, 3.05) is 13.6 Å². The van der Waals surface area contributed by atoms with Crippen molar-refractivity contribution in [2.24, 2.45) is 16.7 Å². The van der Waals surface area contributed by atoms with E-state index < -0.39 is 0 Å². The van der Waals surface area contributed by atoms with E-state index in [-0.39, 0.29) is 0 Å². The standard InChI is InChI=1S/C17H35N/c1-14(2)17(6)10-8-16(5,9-11-17)12-13-18(7)15(3)4/h14-15H,8-13H2,1-7H3. The Balaban J connectivity index is 2.45. The molecule has 1 rings (SSSR count). The second-order valence-corrected chi connectivity index (χ2v) is 7.94. The minimum Gasteiger partial charge on any atom is -0.304 e. The van der Waals surface area contributed by atoms with Crippen LogP contribution in [0.5, 0.6) is 0 Å². The Hall–Kier alpha value is -0.0400. The van der Waals surface area contributed by atoms with Crippen LogP contribution in [0.1, 0.15) is 73.6 Å². The third-order valence-corrected chi connectivity index (χ3v) is 5.94. The first kappa shape index (κ1) is 16.0. The highest BCUT2D eigenvalue weighted by molar-refractivity contribution is 4.90. The fourth-order valence-electron chi connectivity index (χ4n) is 2.96. The Morgan fingerprint density at radius 2 is 1.44 bits per heavy atom. The van der Waals surface area contributed by atoms with Gasteiger partial charge >= 0.3 is 0 Å². The lowest BCUT2D eigenvalue weighted by atomic mass is 9.60. The summed E-state index contributed by atoms with van der Waals surface area (Å²) in [4.78, 5) is 2.49. The molecule has 0 aromatic heterocycles. The Kier molecular flexibility index (Phi) is 5.29. The first-order valence-electron chi connectivity index (χ1n) is 7.89. The molecule has 0 aromatic carbocycles. The Bertz CT molecular complexity index is 241. The fraction of sp³-hybridized carbons (Fsp3) is 1.00. The van der Waals surface area contributed by atoms with E-state index in [4.69, 9.17) is 0 Å². The molecule has 1 heteroatoms. The highest BCUT2D eigenvalue weighted by Gasteiger charge is 2.38. The molecule has 1 saturated carbocycles.